The van der Waals surface area contributed by atoms with Gasteiger partial charge in [-0.05, 0) is 130 Å². The maximum absolute atomic E-state index is 13.9. The molecule has 4 fully saturated rings. The molecule has 0 saturated heterocycles. The molecule has 50 heavy (non-hydrogen) atoms. The second kappa shape index (κ2) is 14.3. The van der Waals surface area contributed by atoms with Gasteiger partial charge in [0.15, 0.2) is 0 Å². The molecule has 1 spiro atoms. The van der Waals surface area contributed by atoms with Crippen LogP contribution < -0.4 is 15.9 Å². The van der Waals surface area contributed by atoms with Gasteiger partial charge in [-0.1, -0.05) is 94.1 Å². The van der Waals surface area contributed by atoms with Crippen LogP contribution in [0.15, 0.2) is 91.0 Å². The number of fused-ring (bicyclic) bond motifs is 3. The number of ketones is 1. The quantitative estimate of drug-likeness (QED) is 0.102. The molecule has 0 amide bonds. The number of hydrogen-bond donors (Lipinski definition) is 0. The van der Waals surface area contributed by atoms with Crippen molar-refractivity contribution in [2.45, 2.75) is 117 Å². The zero-order valence-corrected chi connectivity index (χ0v) is 31.9. The second-order valence-corrected chi connectivity index (χ2v) is 21.1. The zero-order valence-electron chi connectivity index (χ0n) is 31.0. The Morgan fingerprint density at radius 3 is 1.82 bits per heavy atom. The summed E-state index contributed by atoms with van der Waals surface area (Å²) in [5.41, 5.74) is -0.165. The normalized spacial score (nSPS) is 31.9. The molecule has 3 aromatic carbocycles. The largest absolute Gasteiger partial charge is 0.465 e. The summed E-state index contributed by atoms with van der Waals surface area (Å²) in [6.45, 7) is 7.49. The van der Waals surface area contributed by atoms with Crippen LogP contribution in [-0.2, 0) is 14.3 Å². The molecule has 7 rings (SSSR count). The fraction of sp³-hybridized carbons (Fsp3) is 0.565. The minimum Gasteiger partial charge on any atom is -0.465 e. The number of esters is 1. The van der Waals surface area contributed by atoms with Crippen LogP contribution >= 0.6 is 7.26 Å². The van der Waals surface area contributed by atoms with E-state index in [1.807, 2.05) is 0 Å². The predicted octanol–water partition coefficient (Wildman–Crippen LogP) is 10.2. The minimum absolute atomic E-state index is 0.0514. The van der Waals surface area contributed by atoms with Gasteiger partial charge in [-0.2, -0.15) is 0 Å². The van der Waals surface area contributed by atoms with E-state index in [0.29, 0.717) is 24.2 Å². The summed E-state index contributed by atoms with van der Waals surface area (Å²) < 4.78 is 6.14. The van der Waals surface area contributed by atoms with Crippen LogP contribution in [0, 0.1) is 33.5 Å². The van der Waals surface area contributed by atoms with E-state index in [2.05, 4.69) is 112 Å². The highest BCUT2D eigenvalue weighted by atomic mass is 31.2. The second-order valence-electron chi connectivity index (χ2n) is 17.5. The Bertz CT molecular complexity index is 1530. The molecular weight excluding hydrogens is 631 g/mol. The van der Waals surface area contributed by atoms with E-state index in [4.69, 9.17) is 4.74 Å². The molecule has 0 aliphatic heterocycles. The van der Waals surface area contributed by atoms with Gasteiger partial charge in [0.25, 0.3) is 0 Å². The highest BCUT2D eigenvalue weighted by Crippen LogP contribution is 2.73. The summed E-state index contributed by atoms with van der Waals surface area (Å²) in [6.07, 6.45) is 17.6. The molecule has 4 aliphatic rings. The van der Waals surface area contributed by atoms with E-state index < -0.39 is 12.7 Å². The topological polar surface area (TPSA) is 43.4 Å². The fourth-order valence-electron chi connectivity index (χ4n) is 12.1. The summed E-state index contributed by atoms with van der Waals surface area (Å²) in [4.78, 5) is 27.0. The first-order valence-corrected chi connectivity index (χ1v) is 21.9. The molecule has 0 N–H and O–H groups in total. The molecule has 4 heteroatoms. The predicted molar refractivity (Wildman–Crippen MR) is 209 cm³/mol. The van der Waals surface area contributed by atoms with Crippen LogP contribution in [0.2, 0.25) is 0 Å². The zero-order chi connectivity index (χ0) is 34.9. The lowest BCUT2D eigenvalue weighted by Crippen LogP contribution is -2.58. The molecule has 3 aromatic rings. The van der Waals surface area contributed by atoms with Gasteiger partial charge in [0, 0.05) is 11.8 Å². The van der Waals surface area contributed by atoms with E-state index in [1.54, 1.807) is 0 Å². The SMILES string of the molecule is C[C@@]12CC[C@@H]3[C@@](CC[C@H]4[C@@]3(C)CCC[C@@]4(C)C(=O)OCCCCCCCC[P+](c3ccccc3)(c3ccccc3)c3ccccc3)(CC1=O)C2. The van der Waals surface area contributed by atoms with Gasteiger partial charge >= 0.3 is 5.97 Å². The van der Waals surface area contributed by atoms with Gasteiger partial charge in [0.1, 0.15) is 29.0 Å². The smallest absolute Gasteiger partial charge is 0.312 e. The third-order valence-electron chi connectivity index (χ3n) is 14.5. The van der Waals surface area contributed by atoms with Crippen molar-refractivity contribution in [2.75, 3.05) is 12.8 Å². The number of Topliss-reactive ketones (excluding diaryl/α,β-unsaturated/α-hetero) is 1. The maximum atomic E-state index is 13.9. The molecule has 3 nitrogen and oxygen atoms in total. The van der Waals surface area contributed by atoms with E-state index >= 15 is 0 Å². The number of benzene rings is 3. The first-order valence-electron chi connectivity index (χ1n) is 19.9. The highest BCUT2D eigenvalue weighted by molar-refractivity contribution is 7.95. The summed E-state index contributed by atoms with van der Waals surface area (Å²) in [5, 5.41) is 4.40. The molecule has 6 atom stereocenters. The fourth-order valence-corrected chi connectivity index (χ4v) is 16.5. The molecule has 0 heterocycles. The monoisotopic (exact) mass is 691 g/mol. The summed E-state index contributed by atoms with van der Waals surface area (Å²) in [7, 11) is -1.76. The molecule has 4 saturated carbocycles. The summed E-state index contributed by atoms with van der Waals surface area (Å²) in [6, 6.07) is 33.6. The third-order valence-corrected chi connectivity index (χ3v) is 19.1. The van der Waals surface area contributed by atoms with Crippen molar-refractivity contribution >= 4 is 34.9 Å². The molecular formula is C46H60O3P+. The van der Waals surface area contributed by atoms with Crippen molar-refractivity contribution in [3.63, 3.8) is 0 Å². The van der Waals surface area contributed by atoms with Gasteiger partial charge in [-0.15, -0.1) is 0 Å². The average molecular weight is 692 g/mol. The average Bonchev–Trinajstić information content (AvgIpc) is 3.32. The van der Waals surface area contributed by atoms with Gasteiger partial charge in [-0.3, -0.25) is 9.59 Å². The standard InChI is InChI=1S/C46H60O3P/c1-43-30-26-40-44(2)28-19-29-45(3,39(44)27-31-46(40,35-43)34-41(43)47)42(48)49-32-17-6-4-5-7-18-33-50(36-20-11-8-12-21-36,37-22-13-9-14-23-37)38-24-15-10-16-25-38/h8-16,20-25,39-40H,4-7,17-19,26-35H2,1-3H3/q+1/t39-,40-,43-,44+,45+,46-/m0/s1. The van der Waals surface area contributed by atoms with Crippen LogP contribution in [0.1, 0.15) is 117 Å². The van der Waals surface area contributed by atoms with Crippen molar-refractivity contribution in [1.82, 2.24) is 0 Å². The lowest BCUT2D eigenvalue weighted by molar-refractivity contribution is -0.188. The molecule has 0 aromatic heterocycles. The molecule has 4 aliphatic carbocycles. The number of ether oxygens (including phenoxy) is 1. The van der Waals surface area contributed by atoms with Gasteiger partial charge < -0.3 is 4.74 Å². The number of carbonyl (C=O) groups is 2. The van der Waals surface area contributed by atoms with E-state index in [9.17, 15) is 9.59 Å². The number of hydrogen-bond acceptors (Lipinski definition) is 3. The Morgan fingerprint density at radius 2 is 1.22 bits per heavy atom. The Balaban J connectivity index is 0.903. The molecule has 0 unspecified atom stereocenters. The van der Waals surface area contributed by atoms with Crippen molar-refractivity contribution in [2.24, 2.45) is 33.5 Å². The first-order chi connectivity index (χ1) is 24.2. The van der Waals surface area contributed by atoms with Crippen LogP contribution in [-0.4, -0.2) is 24.5 Å². The maximum Gasteiger partial charge on any atom is 0.312 e. The van der Waals surface area contributed by atoms with Crippen LogP contribution in [0.4, 0.5) is 0 Å². The Labute approximate surface area is 302 Å². The van der Waals surface area contributed by atoms with Crippen LogP contribution in [0.5, 0.6) is 0 Å². The lowest BCUT2D eigenvalue weighted by Gasteiger charge is -2.63. The van der Waals surface area contributed by atoms with Crippen LogP contribution in [0.25, 0.3) is 0 Å². The van der Waals surface area contributed by atoms with Crippen molar-refractivity contribution in [3.8, 4) is 0 Å². The lowest BCUT2D eigenvalue weighted by atomic mass is 9.40. The van der Waals surface area contributed by atoms with E-state index in [0.717, 1.165) is 64.2 Å². The highest BCUT2D eigenvalue weighted by Gasteiger charge is 2.68. The number of rotatable bonds is 13. The molecule has 266 valence electrons. The van der Waals surface area contributed by atoms with Gasteiger partial charge in [-0.25, -0.2) is 0 Å². The van der Waals surface area contributed by atoms with Gasteiger partial charge in [0.05, 0.1) is 18.2 Å². The minimum atomic E-state index is -1.76. The number of unbranched alkanes of at least 4 members (excludes halogenated alkanes) is 5. The van der Waals surface area contributed by atoms with Crippen LogP contribution in [0.3, 0.4) is 0 Å². The third kappa shape index (κ3) is 6.22. The Morgan fingerprint density at radius 1 is 0.680 bits per heavy atom. The van der Waals surface area contributed by atoms with E-state index in [-0.39, 0.29) is 22.2 Å². The summed E-state index contributed by atoms with van der Waals surface area (Å²) in [5.74, 6) is 1.50. The Hall–Kier alpha value is -2.77. The number of carbonyl (C=O) groups excluding carboxylic acids is 2. The first kappa shape index (κ1) is 35.6. The van der Waals surface area contributed by atoms with E-state index in [1.165, 1.54) is 54.2 Å². The van der Waals surface area contributed by atoms with Gasteiger partial charge in [0.2, 0.25) is 0 Å². The summed E-state index contributed by atoms with van der Waals surface area (Å²) >= 11 is 0. The molecule has 0 radical (unpaired) electrons. The molecule has 2 bridgehead atoms. The van der Waals surface area contributed by atoms with Crippen molar-refractivity contribution < 1.29 is 14.3 Å². The van der Waals surface area contributed by atoms with Crippen molar-refractivity contribution in [3.05, 3.63) is 91.0 Å². The van der Waals surface area contributed by atoms with Crippen molar-refractivity contribution in [1.29, 1.82) is 0 Å². The Kier molecular flexibility index (Phi) is 10.2.